The number of aromatic amines is 1. The predicted molar refractivity (Wildman–Crippen MR) is 98.8 cm³/mol. The highest BCUT2D eigenvalue weighted by Gasteiger charge is 2.39. The van der Waals surface area contributed by atoms with Gasteiger partial charge in [0.15, 0.2) is 5.78 Å². The Bertz CT molecular complexity index is 1010. The number of halogens is 3. The molecule has 1 aromatic heterocycles. The Balaban J connectivity index is 2.51. The molecule has 0 fully saturated rings. The lowest BCUT2D eigenvalue weighted by Gasteiger charge is -2.31. The standard InChI is InChI=1S/C19H20F3N3O4/c1-10-23-14(9-17(27)24-10)16(26)8-13(18(2,3)4)11-5-6-12(19(20,21)22)15(7-11)25(28)29/h5-7,9,13H,8H2,1-4H3,(H,23,24,27)/t13-/m0/s1. The molecule has 1 heterocycles. The molecule has 0 aliphatic carbocycles. The highest BCUT2D eigenvalue weighted by Crippen LogP contribution is 2.42. The van der Waals surface area contributed by atoms with E-state index in [1.807, 2.05) is 0 Å². The average molecular weight is 411 g/mol. The molecule has 1 aromatic carbocycles. The SMILES string of the molecule is Cc1nc(C(=O)C[C@@H](c2ccc(C(F)(F)F)c([N+](=O)[O-])c2)C(C)(C)C)cc(=O)[nH]1. The van der Waals surface area contributed by atoms with Crippen LogP contribution in [0.4, 0.5) is 18.9 Å². The maximum atomic E-state index is 13.1. The fourth-order valence-corrected chi connectivity index (χ4v) is 3.09. The second-order valence-corrected chi connectivity index (χ2v) is 7.79. The molecule has 0 spiro atoms. The van der Waals surface area contributed by atoms with Gasteiger partial charge in [-0.2, -0.15) is 13.2 Å². The number of rotatable bonds is 5. The van der Waals surface area contributed by atoms with Gasteiger partial charge in [0, 0.05) is 18.6 Å². The molecule has 2 aromatic rings. The predicted octanol–water partition coefficient (Wildman–Crippen LogP) is 4.41. The van der Waals surface area contributed by atoms with Gasteiger partial charge >= 0.3 is 6.18 Å². The highest BCUT2D eigenvalue weighted by atomic mass is 19.4. The van der Waals surface area contributed by atoms with Crippen molar-refractivity contribution in [3.63, 3.8) is 0 Å². The third-order valence-electron chi connectivity index (χ3n) is 4.51. The zero-order valence-electron chi connectivity index (χ0n) is 16.3. The average Bonchev–Trinajstić information content (AvgIpc) is 2.56. The van der Waals surface area contributed by atoms with Crippen LogP contribution >= 0.6 is 0 Å². The first-order valence-corrected chi connectivity index (χ1v) is 8.67. The largest absolute Gasteiger partial charge is 0.422 e. The van der Waals surface area contributed by atoms with Crippen LogP contribution < -0.4 is 5.56 Å². The topological polar surface area (TPSA) is 106 Å². The van der Waals surface area contributed by atoms with Crippen molar-refractivity contribution in [3.8, 4) is 0 Å². The van der Waals surface area contributed by atoms with Gasteiger partial charge in [-0.3, -0.25) is 19.7 Å². The van der Waals surface area contributed by atoms with Gasteiger partial charge in [-0.1, -0.05) is 26.8 Å². The van der Waals surface area contributed by atoms with Crippen LogP contribution in [0, 0.1) is 22.5 Å². The second-order valence-electron chi connectivity index (χ2n) is 7.79. The molecule has 2 rings (SSSR count). The van der Waals surface area contributed by atoms with Gasteiger partial charge < -0.3 is 4.98 Å². The number of hydrogen-bond acceptors (Lipinski definition) is 5. The van der Waals surface area contributed by atoms with Gasteiger partial charge in [0.1, 0.15) is 17.1 Å². The van der Waals surface area contributed by atoms with E-state index in [1.165, 1.54) is 6.92 Å². The zero-order chi connectivity index (χ0) is 22.1. The number of aromatic nitrogens is 2. The number of nitro benzene ring substituents is 1. The van der Waals surface area contributed by atoms with Crippen molar-refractivity contribution in [2.75, 3.05) is 0 Å². The van der Waals surface area contributed by atoms with Gasteiger partial charge in [0.25, 0.3) is 11.2 Å². The summed E-state index contributed by atoms with van der Waals surface area (Å²) in [6, 6.07) is 3.72. The molecular formula is C19H20F3N3O4. The fourth-order valence-electron chi connectivity index (χ4n) is 3.09. The number of nitrogens with one attached hydrogen (secondary N) is 1. The molecule has 156 valence electrons. The first-order valence-electron chi connectivity index (χ1n) is 8.67. The monoisotopic (exact) mass is 411 g/mol. The Morgan fingerprint density at radius 2 is 1.86 bits per heavy atom. The molecule has 0 radical (unpaired) electrons. The van der Waals surface area contributed by atoms with E-state index < -0.39 is 45.0 Å². The Kier molecular flexibility index (Phi) is 5.96. The summed E-state index contributed by atoms with van der Waals surface area (Å²) < 4.78 is 39.2. The van der Waals surface area contributed by atoms with E-state index in [0.29, 0.717) is 6.07 Å². The highest BCUT2D eigenvalue weighted by molar-refractivity contribution is 5.94. The molecule has 7 nitrogen and oxygen atoms in total. The number of Topliss-reactive ketones (excluding diaryl/α,β-unsaturated/α-hetero) is 1. The summed E-state index contributed by atoms with van der Waals surface area (Å²) in [4.78, 5) is 40.8. The van der Waals surface area contributed by atoms with Gasteiger partial charge in [-0.15, -0.1) is 0 Å². The molecule has 0 bridgehead atoms. The van der Waals surface area contributed by atoms with Crippen LogP contribution in [-0.2, 0) is 6.18 Å². The first kappa shape index (κ1) is 22.3. The zero-order valence-corrected chi connectivity index (χ0v) is 16.3. The molecule has 0 unspecified atom stereocenters. The molecule has 0 aliphatic heterocycles. The third-order valence-corrected chi connectivity index (χ3v) is 4.51. The number of hydrogen-bond donors (Lipinski definition) is 1. The minimum atomic E-state index is -4.87. The smallest absolute Gasteiger partial charge is 0.311 e. The number of H-pyrrole nitrogens is 1. The van der Waals surface area contributed by atoms with Crippen molar-refractivity contribution in [1.82, 2.24) is 9.97 Å². The molecular weight excluding hydrogens is 391 g/mol. The number of nitro groups is 1. The van der Waals surface area contributed by atoms with Crippen molar-refractivity contribution >= 4 is 11.5 Å². The van der Waals surface area contributed by atoms with Crippen molar-refractivity contribution in [1.29, 1.82) is 0 Å². The van der Waals surface area contributed by atoms with Crippen molar-refractivity contribution in [2.24, 2.45) is 5.41 Å². The molecule has 0 saturated heterocycles. The number of aryl methyl sites for hydroxylation is 1. The van der Waals surface area contributed by atoms with E-state index in [4.69, 9.17) is 0 Å². The lowest BCUT2D eigenvalue weighted by Crippen LogP contribution is -2.23. The van der Waals surface area contributed by atoms with E-state index in [9.17, 15) is 32.9 Å². The van der Waals surface area contributed by atoms with Crippen LogP contribution in [0.25, 0.3) is 0 Å². The number of carbonyl (C=O) groups excluding carboxylic acids is 1. The van der Waals surface area contributed by atoms with Crippen molar-refractivity contribution in [3.05, 3.63) is 67.4 Å². The van der Waals surface area contributed by atoms with E-state index in [2.05, 4.69) is 9.97 Å². The van der Waals surface area contributed by atoms with Crippen molar-refractivity contribution in [2.45, 2.75) is 46.2 Å². The lowest BCUT2D eigenvalue weighted by atomic mass is 9.73. The summed E-state index contributed by atoms with van der Waals surface area (Å²) in [5.74, 6) is -0.877. The summed E-state index contributed by atoms with van der Waals surface area (Å²) in [6.07, 6.45) is -5.05. The Morgan fingerprint density at radius 3 is 2.34 bits per heavy atom. The Hall–Kier alpha value is -3.04. The maximum absolute atomic E-state index is 13.1. The van der Waals surface area contributed by atoms with E-state index >= 15 is 0 Å². The molecule has 10 heteroatoms. The molecule has 29 heavy (non-hydrogen) atoms. The summed E-state index contributed by atoms with van der Waals surface area (Å²) in [5, 5.41) is 11.2. The molecule has 0 amide bonds. The Labute approximate surface area is 164 Å². The van der Waals surface area contributed by atoms with Crippen LogP contribution in [0.2, 0.25) is 0 Å². The lowest BCUT2D eigenvalue weighted by molar-refractivity contribution is -0.388. The number of benzene rings is 1. The van der Waals surface area contributed by atoms with Crippen LogP contribution in [0.15, 0.2) is 29.1 Å². The summed E-state index contributed by atoms with van der Waals surface area (Å²) in [5.41, 5.74) is -3.37. The van der Waals surface area contributed by atoms with E-state index in [0.717, 1.165) is 18.2 Å². The molecule has 0 aliphatic rings. The first-order chi connectivity index (χ1) is 13.2. The van der Waals surface area contributed by atoms with Crippen LogP contribution in [-0.4, -0.2) is 20.7 Å². The number of ketones is 1. The molecule has 1 atom stereocenters. The van der Waals surface area contributed by atoms with Crippen molar-refractivity contribution < 1.29 is 22.9 Å². The minimum Gasteiger partial charge on any atom is -0.311 e. The quantitative estimate of drug-likeness (QED) is 0.446. The van der Waals surface area contributed by atoms with E-state index in [1.54, 1.807) is 20.8 Å². The maximum Gasteiger partial charge on any atom is 0.422 e. The van der Waals surface area contributed by atoms with Crippen LogP contribution in [0.5, 0.6) is 0 Å². The summed E-state index contributed by atoms with van der Waals surface area (Å²) >= 11 is 0. The Morgan fingerprint density at radius 1 is 1.24 bits per heavy atom. The summed E-state index contributed by atoms with van der Waals surface area (Å²) in [7, 11) is 0. The van der Waals surface area contributed by atoms with Gasteiger partial charge in [0.2, 0.25) is 0 Å². The molecule has 1 N–H and O–H groups in total. The number of alkyl halides is 3. The fraction of sp³-hybridized carbons (Fsp3) is 0.421. The molecule has 0 saturated carbocycles. The van der Waals surface area contributed by atoms with Gasteiger partial charge in [-0.25, -0.2) is 4.98 Å². The van der Waals surface area contributed by atoms with Gasteiger partial charge in [-0.05, 0) is 29.9 Å². The number of carbonyl (C=O) groups is 1. The van der Waals surface area contributed by atoms with Gasteiger partial charge in [0.05, 0.1) is 4.92 Å². The minimum absolute atomic E-state index is 0.0677. The van der Waals surface area contributed by atoms with E-state index in [-0.39, 0.29) is 23.5 Å². The second kappa shape index (κ2) is 7.76. The van der Waals surface area contributed by atoms with Crippen LogP contribution in [0.1, 0.15) is 60.5 Å². The number of nitrogens with zero attached hydrogens (tertiary/aromatic N) is 2. The summed E-state index contributed by atoms with van der Waals surface area (Å²) in [6.45, 7) is 6.82. The van der Waals surface area contributed by atoms with Crippen LogP contribution in [0.3, 0.4) is 0 Å². The third kappa shape index (κ3) is 5.27. The normalized spacial score (nSPS) is 13.2.